The molecule has 0 N–H and O–H groups in total. The van der Waals surface area contributed by atoms with E-state index in [4.69, 9.17) is 18.9 Å². The highest BCUT2D eigenvalue weighted by Crippen LogP contribution is 2.35. The van der Waals surface area contributed by atoms with Gasteiger partial charge in [0.25, 0.3) is 5.91 Å². The first kappa shape index (κ1) is 25.1. The van der Waals surface area contributed by atoms with Crippen LogP contribution in [0.4, 0.5) is 0 Å². The van der Waals surface area contributed by atoms with Crippen LogP contribution in [-0.2, 0) is 16.0 Å². The maximum absolute atomic E-state index is 13.7. The zero-order valence-electron chi connectivity index (χ0n) is 21.0. The third-order valence-corrected chi connectivity index (χ3v) is 7.64. The predicted molar refractivity (Wildman–Crippen MR) is 139 cm³/mol. The summed E-state index contributed by atoms with van der Waals surface area (Å²) in [6.07, 6.45) is 0.786. The Morgan fingerprint density at radius 1 is 1.11 bits per heavy atom. The first-order valence-corrected chi connectivity index (χ1v) is 13.1. The molecule has 0 aliphatic carbocycles. The maximum atomic E-state index is 13.7. The maximum Gasteiger partial charge on any atom is 0.254 e. The zero-order valence-corrected chi connectivity index (χ0v) is 21.8. The summed E-state index contributed by atoms with van der Waals surface area (Å²) in [5, 5.41) is 2.06. The van der Waals surface area contributed by atoms with Crippen LogP contribution < -0.4 is 14.2 Å². The molecule has 5 rings (SSSR count). The fraction of sp³-hybridized carbons (Fsp3) is 0.357. The monoisotopic (exact) mass is 522 g/mol. The molecule has 2 amide bonds. The number of hydrogen-bond acceptors (Lipinski definition) is 7. The van der Waals surface area contributed by atoms with E-state index in [2.05, 4.69) is 11.4 Å². The molecule has 0 radical (unpaired) electrons. The average Bonchev–Trinajstić information content (AvgIpc) is 3.59. The summed E-state index contributed by atoms with van der Waals surface area (Å²) in [6, 6.07) is 14.8. The van der Waals surface area contributed by atoms with Gasteiger partial charge in [0, 0.05) is 30.6 Å². The molecule has 2 aliphatic rings. The molecular weight excluding hydrogens is 492 g/mol. The number of thiophene rings is 1. The summed E-state index contributed by atoms with van der Waals surface area (Å²) < 4.78 is 22.1. The molecule has 37 heavy (non-hydrogen) atoms. The van der Waals surface area contributed by atoms with Crippen molar-refractivity contribution in [3.8, 4) is 17.2 Å². The van der Waals surface area contributed by atoms with Crippen molar-refractivity contribution >= 4 is 23.2 Å². The Kier molecular flexibility index (Phi) is 7.62. The van der Waals surface area contributed by atoms with E-state index >= 15 is 0 Å². The van der Waals surface area contributed by atoms with Crippen LogP contribution in [0.15, 0.2) is 53.9 Å². The van der Waals surface area contributed by atoms with Crippen LogP contribution in [0.2, 0.25) is 0 Å². The number of aryl methyl sites for hydroxylation is 1. The fourth-order valence-corrected chi connectivity index (χ4v) is 5.53. The van der Waals surface area contributed by atoms with Gasteiger partial charge in [0.1, 0.15) is 18.9 Å². The number of ether oxygens (including phenoxy) is 4. The molecule has 9 heteroatoms. The van der Waals surface area contributed by atoms with Gasteiger partial charge in [-0.25, -0.2) is 0 Å². The van der Waals surface area contributed by atoms with Crippen molar-refractivity contribution in [2.45, 2.75) is 19.4 Å². The third-order valence-electron chi connectivity index (χ3n) is 6.64. The third kappa shape index (κ3) is 5.57. The number of carbonyl (C=O) groups excluding carboxylic acids is 2. The van der Waals surface area contributed by atoms with Gasteiger partial charge in [0.2, 0.25) is 12.7 Å². The molecule has 3 heterocycles. The van der Waals surface area contributed by atoms with E-state index < -0.39 is 0 Å². The zero-order chi connectivity index (χ0) is 25.8. The van der Waals surface area contributed by atoms with E-state index in [1.165, 1.54) is 9.78 Å². The van der Waals surface area contributed by atoms with Gasteiger partial charge in [-0.05, 0) is 60.7 Å². The standard InChI is InChI=1S/C28H30N2O6S/c1-19-3-6-21(7-4-19)34-17-23-22-10-14-37-26(22)9-11-30(23)27(31)16-29(12-13-33-2)28(32)20-5-8-24-25(15-20)36-18-35-24/h3-8,10,14-15,23H,9,11-13,16-18H2,1-2H3. The first-order valence-electron chi connectivity index (χ1n) is 12.3. The molecule has 0 spiro atoms. The van der Waals surface area contributed by atoms with Gasteiger partial charge in [0.15, 0.2) is 11.5 Å². The van der Waals surface area contributed by atoms with Crippen LogP contribution in [-0.4, -0.2) is 68.4 Å². The lowest BCUT2D eigenvalue weighted by atomic mass is 10.0. The largest absolute Gasteiger partial charge is 0.491 e. The van der Waals surface area contributed by atoms with Crippen LogP contribution >= 0.6 is 11.3 Å². The van der Waals surface area contributed by atoms with Gasteiger partial charge in [-0.15, -0.1) is 11.3 Å². The fourth-order valence-electron chi connectivity index (χ4n) is 4.60. The van der Waals surface area contributed by atoms with Gasteiger partial charge in [-0.1, -0.05) is 17.7 Å². The highest BCUT2D eigenvalue weighted by molar-refractivity contribution is 7.10. The molecule has 1 unspecified atom stereocenters. The van der Waals surface area contributed by atoms with Gasteiger partial charge in [-0.3, -0.25) is 9.59 Å². The number of amides is 2. The van der Waals surface area contributed by atoms with Gasteiger partial charge in [-0.2, -0.15) is 0 Å². The lowest BCUT2D eigenvalue weighted by Gasteiger charge is -2.37. The number of benzene rings is 2. The molecule has 2 aromatic carbocycles. The first-order chi connectivity index (χ1) is 18.0. The minimum absolute atomic E-state index is 0.0584. The lowest BCUT2D eigenvalue weighted by molar-refractivity contribution is -0.135. The number of rotatable bonds is 9. The molecule has 194 valence electrons. The molecular formula is C28H30N2O6S. The van der Waals surface area contributed by atoms with Crippen molar-refractivity contribution in [1.82, 2.24) is 9.80 Å². The van der Waals surface area contributed by atoms with Gasteiger partial charge >= 0.3 is 0 Å². The van der Waals surface area contributed by atoms with Crippen molar-refractivity contribution < 1.29 is 28.5 Å². The summed E-state index contributed by atoms with van der Waals surface area (Å²) in [4.78, 5) is 31.8. The van der Waals surface area contributed by atoms with Gasteiger partial charge in [0.05, 0.1) is 12.6 Å². The normalized spacial score (nSPS) is 15.8. The van der Waals surface area contributed by atoms with Crippen LogP contribution in [0, 0.1) is 6.92 Å². The molecule has 1 aromatic heterocycles. The molecule has 0 fully saturated rings. The topological polar surface area (TPSA) is 77.5 Å². The Morgan fingerprint density at radius 3 is 2.73 bits per heavy atom. The van der Waals surface area contributed by atoms with E-state index in [9.17, 15) is 9.59 Å². The molecule has 8 nitrogen and oxygen atoms in total. The predicted octanol–water partition coefficient (Wildman–Crippen LogP) is 4.08. The number of methoxy groups -OCH3 is 1. The van der Waals surface area contributed by atoms with E-state index in [1.807, 2.05) is 36.1 Å². The number of fused-ring (bicyclic) bond motifs is 2. The van der Waals surface area contributed by atoms with Crippen LogP contribution in [0.5, 0.6) is 17.2 Å². The number of hydrogen-bond donors (Lipinski definition) is 0. The molecule has 0 bridgehead atoms. The van der Waals surface area contributed by atoms with Crippen molar-refractivity contribution in [3.63, 3.8) is 0 Å². The molecule has 3 aromatic rings. The quantitative estimate of drug-likeness (QED) is 0.422. The lowest BCUT2D eigenvalue weighted by Crippen LogP contribution is -2.48. The highest BCUT2D eigenvalue weighted by Gasteiger charge is 2.34. The smallest absolute Gasteiger partial charge is 0.254 e. The van der Waals surface area contributed by atoms with E-state index in [1.54, 1.807) is 36.6 Å². The van der Waals surface area contributed by atoms with Crippen LogP contribution in [0.3, 0.4) is 0 Å². The van der Waals surface area contributed by atoms with Crippen LogP contribution in [0.25, 0.3) is 0 Å². The Bertz CT molecular complexity index is 1260. The summed E-state index contributed by atoms with van der Waals surface area (Å²) in [5.41, 5.74) is 2.71. The summed E-state index contributed by atoms with van der Waals surface area (Å²) >= 11 is 1.71. The number of carbonyl (C=O) groups is 2. The van der Waals surface area contributed by atoms with Gasteiger partial charge < -0.3 is 28.7 Å². The second kappa shape index (κ2) is 11.2. The average molecular weight is 523 g/mol. The molecule has 0 saturated carbocycles. The summed E-state index contributed by atoms with van der Waals surface area (Å²) in [5.74, 6) is 1.51. The highest BCUT2D eigenvalue weighted by atomic mass is 32.1. The second-order valence-corrected chi connectivity index (χ2v) is 10.1. The van der Waals surface area contributed by atoms with E-state index in [-0.39, 0.29) is 37.7 Å². The summed E-state index contributed by atoms with van der Waals surface area (Å²) in [6.45, 7) is 3.62. The minimum atomic E-state index is -0.260. The Balaban J connectivity index is 1.33. The van der Waals surface area contributed by atoms with Crippen molar-refractivity contribution in [2.75, 3.05) is 46.8 Å². The Hall–Kier alpha value is -3.56. The second-order valence-electron chi connectivity index (χ2n) is 9.06. The summed E-state index contributed by atoms with van der Waals surface area (Å²) in [7, 11) is 1.58. The van der Waals surface area contributed by atoms with E-state index in [0.717, 1.165) is 23.3 Å². The van der Waals surface area contributed by atoms with Crippen molar-refractivity contribution in [2.24, 2.45) is 0 Å². The van der Waals surface area contributed by atoms with Crippen molar-refractivity contribution in [1.29, 1.82) is 0 Å². The SMILES string of the molecule is COCCN(CC(=O)N1CCc2sccc2C1COc1ccc(C)cc1)C(=O)c1ccc2c(c1)OCO2. The molecule has 0 saturated heterocycles. The minimum Gasteiger partial charge on any atom is -0.491 e. The Morgan fingerprint density at radius 2 is 1.92 bits per heavy atom. The molecule has 2 aliphatic heterocycles. The van der Waals surface area contributed by atoms with Crippen LogP contribution in [0.1, 0.15) is 32.4 Å². The number of nitrogens with zero attached hydrogens (tertiary/aromatic N) is 2. The van der Waals surface area contributed by atoms with E-state index in [0.29, 0.717) is 36.8 Å². The Labute approximate surface area is 220 Å². The molecule has 1 atom stereocenters. The van der Waals surface area contributed by atoms with Crippen molar-refractivity contribution in [3.05, 3.63) is 75.5 Å².